The Balaban J connectivity index is 0.00000225. The Bertz CT molecular complexity index is 205. The highest BCUT2D eigenvalue weighted by Gasteiger charge is 2.27. The van der Waals surface area contributed by atoms with E-state index in [1.54, 1.807) is 0 Å². The molecule has 0 aromatic rings. The lowest BCUT2D eigenvalue weighted by atomic mass is 10.1. The first-order valence-electron chi connectivity index (χ1n) is 6.21. The van der Waals surface area contributed by atoms with Crippen molar-refractivity contribution in [2.45, 2.75) is 46.1 Å². The van der Waals surface area contributed by atoms with E-state index < -0.39 is 0 Å². The van der Waals surface area contributed by atoms with Crippen LogP contribution in [0.25, 0.3) is 0 Å². The van der Waals surface area contributed by atoms with Crippen molar-refractivity contribution in [3.05, 3.63) is 0 Å². The first kappa shape index (κ1) is 15.7. The molecule has 0 saturated carbocycles. The minimum Gasteiger partial charge on any atom is -0.338 e. The van der Waals surface area contributed by atoms with Crippen LogP contribution in [0, 0.1) is 5.92 Å². The maximum atomic E-state index is 12.1. The van der Waals surface area contributed by atoms with Crippen LogP contribution < -0.4 is 5.32 Å². The monoisotopic (exact) mass is 248 g/mol. The molecule has 96 valence electrons. The predicted octanol–water partition coefficient (Wildman–Crippen LogP) is 2.05. The number of hydrogen-bond donors (Lipinski definition) is 1. The summed E-state index contributed by atoms with van der Waals surface area (Å²) >= 11 is 0. The summed E-state index contributed by atoms with van der Waals surface area (Å²) in [5, 5.41) is 3.33. The molecule has 1 aliphatic heterocycles. The zero-order chi connectivity index (χ0) is 11.3. The second kappa shape index (κ2) is 7.91. The lowest BCUT2D eigenvalue weighted by Gasteiger charge is -2.30. The van der Waals surface area contributed by atoms with Crippen molar-refractivity contribution in [1.82, 2.24) is 10.2 Å². The van der Waals surface area contributed by atoms with E-state index in [9.17, 15) is 4.79 Å². The third kappa shape index (κ3) is 3.95. The third-order valence-corrected chi connectivity index (χ3v) is 3.26. The normalized spacial score (nSPS) is 21.3. The van der Waals surface area contributed by atoms with Gasteiger partial charge in [-0.15, -0.1) is 12.4 Å². The van der Waals surface area contributed by atoms with E-state index in [2.05, 4.69) is 24.1 Å². The van der Waals surface area contributed by atoms with Crippen LogP contribution in [0.5, 0.6) is 0 Å². The average molecular weight is 249 g/mol. The van der Waals surface area contributed by atoms with Crippen molar-refractivity contribution in [2.75, 3.05) is 19.6 Å². The van der Waals surface area contributed by atoms with Gasteiger partial charge in [0.25, 0.3) is 0 Å². The molecule has 0 spiro atoms. The van der Waals surface area contributed by atoms with E-state index in [4.69, 9.17) is 0 Å². The van der Waals surface area contributed by atoms with Gasteiger partial charge in [0, 0.05) is 25.0 Å². The van der Waals surface area contributed by atoms with Gasteiger partial charge in [0.15, 0.2) is 0 Å². The number of rotatable bonds is 5. The summed E-state index contributed by atoms with van der Waals surface area (Å²) in [5.74, 6) is 0.519. The van der Waals surface area contributed by atoms with Crippen LogP contribution in [-0.2, 0) is 4.79 Å². The van der Waals surface area contributed by atoms with Gasteiger partial charge in [-0.3, -0.25) is 4.79 Å². The fourth-order valence-corrected chi connectivity index (χ4v) is 2.08. The van der Waals surface area contributed by atoms with E-state index >= 15 is 0 Å². The number of nitrogens with one attached hydrogen (secondary N) is 1. The number of carbonyl (C=O) groups is 1. The zero-order valence-corrected chi connectivity index (χ0v) is 11.5. The lowest BCUT2D eigenvalue weighted by molar-refractivity contribution is -0.137. The summed E-state index contributed by atoms with van der Waals surface area (Å²) in [6, 6.07) is 0.437. The second-order valence-electron chi connectivity index (χ2n) is 4.49. The van der Waals surface area contributed by atoms with Crippen LogP contribution >= 0.6 is 12.4 Å². The predicted molar refractivity (Wildman–Crippen MR) is 70.0 cm³/mol. The first-order chi connectivity index (χ1) is 7.20. The molecule has 1 saturated heterocycles. The van der Waals surface area contributed by atoms with Crippen LogP contribution in [0.15, 0.2) is 0 Å². The molecular formula is C12H25ClN2O. The molecule has 1 rings (SSSR count). The van der Waals surface area contributed by atoms with Crippen LogP contribution in [0.2, 0.25) is 0 Å². The van der Waals surface area contributed by atoms with E-state index in [0.29, 0.717) is 11.9 Å². The zero-order valence-electron chi connectivity index (χ0n) is 10.7. The van der Waals surface area contributed by atoms with Gasteiger partial charge in [-0.25, -0.2) is 0 Å². The van der Waals surface area contributed by atoms with Gasteiger partial charge in [0.1, 0.15) is 0 Å². The Morgan fingerprint density at radius 3 is 2.62 bits per heavy atom. The number of amides is 1. The van der Waals surface area contributed by atoms with Crippen molar-refractivity contribution in [3.8, 4) is 0 Å². The van der Waals surface area contributed by atoms with Crippen LogP contribution in [0.3, 0.4) is 0 Å². The molecule has 2 unspecified atom stereocenters. The highest BCUT2D eigenvalue weighted by atomic mass is 35.5. The largest absolute Gasteiger partial charge is 0.338 e. The minimum atomic E-state index is 0. The van der Waals surface area contributed by atoms with Gasteiger partial charge in [-0.05, 0) is 25.8 Å². The number of halogens is 1. The first-order valence-corrected chi connectivity index (χ1v) is 6.21. The molecule has 0 radical (unpaired) electrons. The van der Waals surface area contributed by atoms with Crippen molar-refractivity contribution in [2.24, 2.45) is 5.92 Å². The molecule has 2 atom stereocenters. The molecule has 16 heavy (non-hydrogen) atoms. The van der Waals surface area contributed by atoms with Gasteiger partial charge in [-0.2, -0.15) is 0 Å². The summed E-state index contributed by atoms with van der Waals surface area (Å²) < 4.78 is 0. The number of nitrogens with zero attached hydrogens (tertiary/aromatic N) is 1. The van der Waals surface area contributed by atoms with Crippen molar-refractivity contribution in [1.29, 1.82) is 0 Å². The van der Waals surface area contributed by atoms with Gasteiger partial charge in [-0.1, -0.05) is 20.8 Å². The Labute approximate surface area is 105 Å². The average Bonchev–Trinajstić information content (AvgIpc) is 2.77. The van der Waals surface area contributed by atoms with E-state index in [1.165, 1.54) is 0 Å². The Kier molecular flexibility index (Phi) is 7.77. The van der Waals surface area contributed by atoms with E-state index in [0.717, 1.165) is 38.9 Å². The Morgan fingerprint density at radius 2 is 2.19 bits per heavy atom. The molecule has 1 fully saturated rings. The third-order valence-electron chi connectivity index (χ3n) is 3.26. The summed E-state index contributed by atoms with van der Waals surface area (Å²) in [6.07, 6.45) is 3.11. The van der Waals surface area contributed by atoms with Crippen LogP contribution in [0.4, 0.5) is 0 Å². The standard InChI is InChI=1S/C12H24N2O.ClH/c1-4-8-14(11-6-7-13-9-11)12(15)10(3)5-2;/h10-11,13H,4-9H2,1-3H3;1H. The Hall–Kier alpha value is -0.280. The highest BCUT2D eigenvalue weighted by molar-refractivity contribution is 5.85. The molecule has 0 aromatic carbocycles. The fourth-order valence-electron chi connectivity index (χ4n) is 2.08. The van der Waals surface area contributed by atoms with Crippen LogP contribution in [0.1, 0.15) is 40.0 Å². The van der Waals surface area contributed by atoms with Crippen LogP contribution in [-0.4, -0.2) is 36.5 Å². The highest BCUT2D eigenvalue weighted by Crippen LogP contribution is 2.14. The molecule has 0 aliphatic carbocycles. The van der Waals surface area contributed by atoms with Crippen molar-refractivity contribution < 1.29 is 4.79 Å². The van der Waals surface area contributed by atoms with Gasteiger partial charge in [0.05, 0.1) is 0 Å². The van der Waals surface area contributed by atoms with E-state index in [-0.39, 0.29) is 18.3 Å². The minimum absolute atomic E-state index is 0. The molecular weight excluding hydrogens is 224 g/mol. The molecule has 0 bridgehead atoms. The fraction of sp³-hybridized carbons (Fsp3) is 0.917. The molecule has 0 aromatic heterocycles. The Morgan fingerprint density at radius 1 is 1.50 bits per heavy atom. The second-order valence-corrected chi connectivity index (χ2v) is 4.49. The van der Waals surface area contributed by atoms with Gasteiger partial charge in [0.2, 0.25) is 5.91 Å². The molecule has 1 amide bonds. The maximum absolute atomic E-state index is 12.1. The quantitative estimate of drug-likeness (QED) is 0.808. The van der Waals surface area contributed by atoms with Gasteiger partial charge >= 0.3 is 0 Å². The number of hydrogen-bond acceptors (Lipinski definition) is 2. The van der Waals surface area contributed by atoms with Crippen molar-refractivity contribution >= 4 is 18.3 Å². The summed E-state index contributed by atoms with van der Waals surface area (Å²) in [6.45, 7) is 9.20. The van der Waals surface area contributed by atoms with E-state index in [1.807, 2.05) is 6.92 Å². The maximum Gasteiger partial charge on any atom is 0.225 e. The number of carbonyl (C=O) groups excluding carboxylic acids is 1. The molecule has 4 heteroatoms. The molecule has 1 aliphatic rings. The molecule has 1 heterocycles. The topological polar surface area (TPSA) is 32.3 Å². The SMILES string of the molecule is CCCN(C(=O)C(C)CC)C1CCNC1.Cl. The molecule has 3 nitrogen and oxygen atoms in total. The summed E-state index contributed by atoms with van der Waals surface area (Å²) in [7, 11) is 0. The lowest BCUT2D eigenvalue weighted by Crippen LogP contribution is -2.44. The smallest absolute Gasteiger partial charge is 0.225 e. The summed E-state index contributed by atoms with van der Waals surface area (Å²) in [4.78, 5) is 14.2. The van der Waals surface area contributed by atoms with Gasteiger partial charge < -0.3 is 10.2 Å². The summed E-state index contributed by atoms with van der Waals surface area (Å²) in [5.41, 5.74) is 0. The van der Waals surface area contributed by atoms with Crippen molar-refractivity contribution in [3.63, 3.8) is 0 Å². The molecule has 1 N–H and O–H groups in total.